The molecule has 3 N–H and O–H groups in total. The Hall–Kier alpha value is -1.47. The average Bonchev–Trinajstić information content (AvgIpc) is 2.41. The Balaban J connectivity index is 2.04. The summed E-state index contributed by atoms with van der Waals surface area (Å²) in [5.74, 6) is 5.40. The lowest BCUT2D eigenvalue weighted by Gasteiger charge is -2.35. The Morgan fingerprint density at radius 2 is 2.11 bits per heavy atom. The molecule has 0 bridgehead atoms. The summed E-state index contributed by atoms with van der Waals surface area (Å²) in [6.45, 7) is 6.67. The topological polar surface area (TPSA) is 70.3 Å². The summed E-state index contributed by atoms with van der Waals surface area (Å²) in [6, 6.07) is 0. The molecule has 0 amide bonds. The summed E-state index contributed by atoms with van der Waals surface area (Å²) < 4.78 is 13.7. The Kier molecular flexibility index (Phi) is 4.27. The maximum absolute atomic E-state index is 13.7. The van der Waals surface area contributed by atoms with Crippen LogP contribution in [0.25, 0.3) is 0 Å². The smallest absolute Gasteiger partial charge is 0.239 e. The number of halogens is 1. The van der Waals surface area contributed by atoms with Crippen molar-refractivity contribution in [2.75, 3.05) is 43.0 Å². The molecule has 1 aliphatic heterocycles. The molecule has 1 aliphatic rings. The van der Waals surface area contributed by atoms with Gasteiger partial charge < -0.3 is 4.90 Å². The first-order chi connectivity index (χ1) is 8.74. The number of nitrogens with zero attached hydrogens (tertiary/aromatic N) is 4. The zero-order valence-corrected chi connectivity index (χ0v) is 10.6. The van der Waals surface area contributed by atoms with E-state index >= 15 is 0 Å². The van der Waals surface area contributed by atoms with E-state index in [0.717, 1.165) is 45.3 Å². The van der Waals surface area contributed by atoms with Crippen molar-refractivity contribution in [3.8, 4) is 0 Å². The summed E-state index contributed by atoms with van der Waals surface area (Å²) in [7, 11) is 0. The second-order valence-corrected chi connectivity index (χ2v) is 4.34. The lowest BCUT2D eigenvalue weighted by atomic mass is 10.3. The number of rotatable bonds is 4. The SMILES string of the molecule is CCCN1CCN(c2nc(NN)ncc2F)CC1. The van der Waals surface area contributed by atoms with Crippen LogP contribution in [0.2, 0.25) is 0 Å². The molecule has 1 saturated heterocycles. The van der Waals surface area contributed by atoms with Crippen molar-refractivity contribution >= 4 is 11.8 Å². The standard InChI is InChI=1S/C11H19FN6/c1-2-3-17-4-6-18(7-5-17)10-9(12)8-14-11(15-10)16-13/h8H,2-7,13H2,1H3,(H,14,15,16). The van der Waals surface area contributed by atoms with Crippen LogP contribution in [-0.4, -0.2) is 47.6 Å². The van der Waals surface area contributed by atoms with Crippen LogP contribution in [0.15, 0.2) is 6.20 Å². The lowest BCUT2D eigenvalue weighted by Crippen LogP contribution is -2.47. The molecule has 6 nitrogen and oxygen atoms in total. The van der Waals surface area contributed by atoms with Gasteiger partial charge in [0.1, 0.15) is 0 Å². The number of nitrogens with two attached hydrogens (primary N) is 1. The van der Waals surface area contributed by atoms with Crippen LogP contribution in [-0.2, 0) is 0 Å². The molecule has 7 heteroatoms. The number of aromatic nitrogens is 2. The van der Waals surface area contributed by atoms with Gasteiger partial charge in [-0.25, -0.2) is 15.2 Å². The van der Waals surface area contributed by atoms with Crippen LogP contribution >= 0.6 is 0 Å². The molecule has 0 spiro atoms. The zero-order chi connectivity index (χ0) is 13.0. The molecule has 0 aromatic carbocycles. The Morgan fingerprint density at radius 3 is 2.72 bits per heavy atom. The molecule has 1 aromatic heterocycles. The molecule has 1 fully saturated rings. The Morgan fingerprint density at radius 1 is 1.39 bits per heavy atom. The predicted octanol–water partition coefficient (Wildman–Crippen LogP) is 0.433. The normalized spacial score (nSPS) is 16.9. The van der Waals surface area contributed by atoms with Gasteiger partial charge in [0.05, 0.1) is 6.20 Å². The van der Waals surface area contributed by atoms with Gasteiger partial charge in [-0.1, -0.05) is 6.92 Å². The van der Waals surface area contributed by atoms with Crippen molar-refractivity contribution < 1.29 is 4.39 Å². The van der Waals surface area contributed by atoms with E-state index in [-0.39, 0.29) is 5.95 Å². The van der Waals surface area contributed by atoms with Crippen LogP contribution in [0, 0.1) is 5.82 Å². The predicted molar refractivity (Wildman–Crippen MR) is 68.7 cm³/mol. The van der Waals surface area contributed by atoms with Crippen LogP contribution in [0.5, 0.6) is 0 Å². The van der Waals surface area contributed by atoms with Crippen LogP contribution < -0.4 is 16.2 Å². The van der Waals surface area contributed by atoms with E-state index < -0.39 is 5.82 Å². The van der Waals surface area contributed by atoms with Crippen LogP contribution in [0.4, 0.5) is 16.2 Å². The monoisotopic (exact) mass is 254 g/mol. The number of hydrazine groups is 1. The third kappa shape index (κ3) is 2.85. The van der Waals surface area contributed by atoms with Crippen molar-refractivity contribution in [1.29, 1.82) is 0 Å². The van der Waals surface area contributed by atoms with E-state index in [1.807, 2.05) is 4.90 Å². The van der Waals surface area contributed by atoms with Gasteiger partial charge in [-0.3, -0.25) is 10.3 Å². The number of nitrogen functional groups attached to an aromatic ring is 1. The highest BCUT2D eigenvalue weighted by Crippen LogP contribution is 2.18. The maximum atomic E-state index is 13.7. The fourth-order valence-electron chi connectivity index (χ4n) is 2.15. The largest absolute Gasteiger partial charge is 0.351 e. The fraction of sp³-hybridized carbons (Fsp3) is 0.636. The highest BCUT2D eigenvalue weighted by atomic mass is 19.1. The van der Waals surface area contributed by atoms with Gasteiger partial charge in [-0.2, -0.15) is 4.98 Å². The van der Waals surface area contributed by atoms with E-state index in [1.165, 1.54) is 0 Å². The first-order valence-corrected chi connectivity index (χ1v) is 6.21. The number of hydrogen-bond acceptors (Lipinski definition) is 6. The quantitative estimate of drug-likeness (QED) is 0.600. The van der Waals surface area contributed by atoms with E-state index in [2.05, 4.69) is 27.2 Å². The third-order valence-electron chi connectivity index (χ3n) is 3.07. The van der Waals surface area contributed by atoms with Gasteiger partial charge in [0, 0.05) is 26.2 Å². The minimum absolute atomic E-state index is 0.238. The molecular weight excluding hydrogens is 235 g/mol. The number of anilines is 2. The third-order valence-corrected chi connectivity index (χ3v) is 3.07. The summed E-state index contributed by atoms with van der Waals surface area (Å²) >= 11 is 0. The fourth-order valence-corrected chi connectivity index (χ4v) is 2.15. The minimum Gasteiger partial charge on any atom is -0.351 e. The molecule has 0 unspecified atom stereocenters. The van der Waals surface area contributed by atoms with Crippen LogP contribution in [0.3, 0.4) is 0 Å². The molecule has 2 heterocycles. The molecule has 0 radical (unpaired) electrons. The Labute approximate surface area is 106 Å². The first kappa shape index (κ1) is 13.0. The van der Waals surface area contributed by atoms with Gasteiger partial charge in [0.2, 0.25) is 5.95 Å². The van der Waals surface area contributed by atoms with Crippen molar-refractivity contribution in [3.63, 3.8) is 0 Å². The molecular formula is C11H19FN6. The van der Waals surface area contributed by atoms with Gasteiger partial charge in [0.25, 0.3) is 0 Å². The van der Waals surface area contributed by atoms with Gasteiger partial charge >= 0.3 is 0 Å². The Bertz CT molecular complexity index is 391. The molecule has 1 aromatic rings. The average molecular weight is 254 g/mol. The number of piperazine rings is 1. The molecule has 0 saturated carbocycles. The highest BCUT2D eigenvalue weighted by Gasteiger charge is 2.20. The summed E-state index contributed by atoms with van der Waals surface area (Å²) in [5, 5.41) is 0. The minimum atomic E-state index is -0.405. The van der Waals surface area contributed by atoms with Crippen molar-refractivity contribution in [1.82, 2.24) is 14.9 Å². The van der Waals surface area contributed by atoms with Gasteiger partial charge in [-0.15, -0.1) is 0 Å². The molecule has 0 atom stereocenters. The summed E-state index contributed by atoms with van der Waals surface area (Å²) in [5.41, 5.74) is 2.34. The van der Waals surface area contributed by atoms with E-state index in [0.29, 0.717) is 5.82 Å². The van der Waals surface area contributed by atoms with Crippen molar-refractivity contribution in [3.05, 3.63) is 12.0 Å². The van der Waals surface area contributed by atoms with E-state index in [1.54, 1.807) is 0 Å². The van der Waals surface area contributed by atoms with E-state index in [4.69, 9.17) is 5.84 Å². The summed E-state index contributed by atoms with van der Waals surface area (Å²) in [4.78, 5) is 12.1. The zero-order valence-electron chi connectivity index (χ0n) is 10.6. The van der Waals surface area contributed by atoms with Gasteiger partial charge in [-0.05, 0) is 13.0 Å². The molecule has 0 aliphatic carbocycles. The van der Waals surface area contributed by atoms with E-state index in [9.17, 15) is 4.39 Å². The van der Waals surface area contributed by atoms with Crippen LogP contribution in [0.1, 0.15) is 13.3 Å². The van der Waals surface area contributed by atoms with Gasteiger partial charge in [0.15, 0.2) is 11.6 Å². The van der Waals surface area contributed by atoms with Crippen molar-refractivity contribution in [2.24, 2.45) is 5.84 Å². The second-order valence-electron chi connectivity index (χ2n) is 4.34. The molecule has 18 heavy (non-hydrogen) atoms. The maximum Gasteiger partial charge on any atom is 0.239 e. The number of nitrogens with one attached hydrogen (secondary N) is 1. The highest BCUT2D eigenvalue weighted by molar-refractivity contribution is 5.44. The summed E-state index contributed by atoms with van der Waals surface area (Å²) in [6.07, 6.45) is 2.29. The molecule has 100 valence electrons. The molecule has 2 rings (SSSR count). The lowest BCUT2D eigenvalue weighted by molar-refractivity contribution is 0.257. The second kappa shape index (κ2) is 5.92. The number of hydrogen-bond donors (Lipinski definition) is 2. The first-order valence-electron chi connectivity index (χ1n) is 6.21. The van der Waals surface area contributed by atoms with Crippen molar-refractivity contribution in [2.45, 2.75) is 13.3 Å².